The van der Waals surface area contributed by atoms with Crippen LogP contribution < -0.4 is 29.1 Å². The number of rotatable bonds is 8. The number of benzene rings is 3. The number of fused-ring (bicyclic) bond motifs is 1. The predicted octanol–water partition coefficient (Wildman–Crippen LogP) is 4.78. The minimum Gasteiger partial charge on any atom is -0.502 e. The van der Waals surface area contributed by atoms with E-state index < -0.39 is 5.43 Å². The molecule has 0 atom stereocenters. The molecule has 0 spiro atoms. The van der Waals surface area contributed by atoms with Crippen LogP contribution in [0.25, 0.3) is 22.3 Å². The first-order valence-electron chi connectivity index (χ1n) is 10.4. The number of ether oxygens (including phenoxy) is 5. The summed E-state index contributed by atoms with van der Waals surface area (Å²) in [5.74, 6) is 0.863. The van der Waals surface area contributed by atoms with Gasteiger partial charge in [-0.2, -0.15) is 0 Å². The van der Waals surface area contributed by atoms with E-state index in [4.69, 9.17) is 28.1 Å². The highest BCUT2D eigenvalue weighted by atomic mass is 16.5. The molecule has 0 bridgehead atoms. The Labute approximate surface area is 195 Å². The van der Waals surface area contributed by atoms with Crippen molar-refractivity contribution in [3.05, 3.63) is 70.4 Å². The third kappa shape index (κ3) is 4.05. The first kappa shape index (κ1) is 22.8. The number of hydrogen-bond donors (Lipinski definition) is 1. The zero-order chi connectivity index (χ0) is 24.2. The van der Waals surface area contributed by atoms with Crippen LogP contribution in [0.5, 0.6) is 34.5 Å². The molecule has 0 unspecified atom stereocenters. The van der Waals surface area contributed by atoms with Crippen LogP contribution in [0, 0.1) is 0 Å². The van der Waals surface area contributed by atoms with Gasteiger partial charge in [0.25, 0.3) is 0 Å². The number of aromatic hydroxyl groups is 1. The van der Waals surface area contributed by atoms with Crippen LogP contribution in [0.4, 0.5) is 0 Å². The molecule has 1 N–H and O–H groups in total. The fraction of sp³-hybridized carbons (Fsp3) is 0.192. The van der Waals surface area contributed by atoms with Crippen LogP contribution in [0.15, 0.2) is 63.8 Å². The Morgan fingerprint density at radius 3 is 2.15 bits per heavy atom. The molecule has 1 heterocycles. The Balaban J connectivity index is 1.87. The SMILES string of the molecule is COc1ccc(-c2oc3cc(OC)c(O)c(OC)c3c(=O)c2OC)cc1OCc1ccccc1. The third-order valence-corrected chi connectivity index (χ3v) is 5.33. The number of phenolic OH excluding ortho intramolecular Hbond substituents is 1. The normalized spacial score (nSPS) is 10.7. The summed E-state index contributed by atoms with van der Waals surface area (Å²) in [5, 5.41) is 10.4. The Morgan fingerprint density at radius 2 is 1.50 bits per heavy atom. The first-order chi connectivity index (χ1) is 16.5. The minimum atomic E-state index is -0.504. The number of methoxy groups -OCH3 is 4. The van der Waals surface area contributed by atoms with E-state index in [1.807, 2.05) is 30.3 Å². The smallest absolute Gasteiger partial charge is 0.239 e. The van der Waals surface area contributed by atoms with Gasteiger partial charge < -0.3 is 33.2 Å². The van der Waals surface area contributed by atoms with Crippen molar-refractivity contribution in [3.8, 4) is 45.8 Å². The molecule has 1 aromatic heterocycles. The van der Waals surface area contributed by atoms with Gasteiger partial charge in [0.1, 0.15) is 17.6 Å². The number of phenols is 1. The Morgan fingerprint density at radius 1 is 0.794 bits per heavy atom. The van der Waals surface area contributed by atoms with Crippen LogP contribution in [0.2, 0.25) is 0 Å². The summed E-state index contributed by atoms with van der Waals surface area (Å²) in [4.78, 5) is 13.3. The maximum absolute atomic E-state index is 13.3. The van der Waals surface area contributed by atoms with Gasteiger partial charge in [0.15, 0.2) is 28.8 Å². The lowest BCUT2D eigenvalue weighted by molar-refractivity contribution is 0.284. The Bertz CT molecular complexity index is 1380. The Kier molecular flexibility index (Phi) is 6.49. The molecule has 4 aromatic rings. The van der Waals surface area contributed by atoms with Crippen molar-refractivity contribution in [3.63, 3.8) is 0 Å². The molecule has 3 aromatic carbocycles. The summed E-state index contributed by atoms with van der Waals surface area (Å²) >= 11 is 0. The molecule has 4 rings (SSSR count). The van der Waals surface area contributed by atoms with Gasteiger partial charge in [0.2, 0.25) is 16.9 Å². The standard InChI is InChI=1S/C26H24O8/c1-29-17-11-10-16(12-18(17)33-14-15-8-6-5-7-9-15)24-26(32-4)23(28)21-19(34-24)13-20(30-2)22(27)25(21)31-3/h5-13,27H,14H2,1-4H3. The monoisotopic (exact) mass is 464 g/mol. The quantitative estimate of drug-likeness (QED) is 0.398. The van der Waals surface area contributed by atoms with Gasteiger partial charge in [-0.05, 0) is 23.8 Å². The molecule has 0 saturated carbocycles. The maximum Gasteiger partial charge on any atom is 0.239 e. The van der Waals surface area contributed by atoms with Crippen molar-refractivity contribution in [2.24, 2.45) is 0 Å². The van der Waals surface area contributed by atoms with Crippen LogP contribution in [0.1, 0.15) is 5.56 Å². The van der Waals surface area contributed by atoms with Gasteiger partial charge in [-0.25, -0.2) is 0 Å². The fourth-order valence-corrected chi connectivity index (χ4v) is 3.67. The van der Waals surface area contributed by atoms with Crippen molar-refractivity contribution in [1.82, 2.24) is 0 Å². The summed E-state index contributed by atoms with van der Waals surface area (Å²) in [6.45, 7) is 0.327. The lowest BCUT2D eigenvalue weighted by Gasteiger charge is -2.15. The zero-order valence-corrected chi connectivity index (χ0v) is 19.2. The topological polar surface area (TPSA) is 96.6 Å². The molecular weight excluding hydrogens is 440 g/mol. The molecule has 0 aliphatic carbocycles. The number of hydrogen-bond acceptors (Lipinski definition) is 8. The van der Waals surface area contributed by atoms with E-state index in [2.05, 4.69) is 0 Å². The molecule has 0 amide bonds. The molecular formula is C26H24O8. The Hall–Kier alpha value is -4.33. The molecule has 8 nitrogen and oxygen atoms in total. The maximum atomic E-state index is 13.3. The molecule has 0 radical (unpaired) electrons. The lowest BCUT2D eigenvalue weighted by Crippen LogP contribution is -2.09. The fourth-order valence-electron chi connectivity index (χ4n) is 3.67. The summed E-state index contributed by atoms with van der Waals surface area (Å²) in [6, 6.07) is 16.3. The van der Waals surface area contributed by atoms with E-state index in [9.17, 15) is 9.90 Å². The lowest BCUT2D eigenvalue weighted by atomic mass is 10.1. The average molecular weight is 464 g/mol. The highest BCUT2D eigenvalue weighted by Crippen LogP contribution is 2.44. The molecule has 0 fully saturated rings. The van der Waals surface area contributed by atoms with Crippen molar-refractivity contribution in [2.45, 2.75) is 6.61 Å². The predicted molar refractivity (Wildman–Crippen MR) is 127 cm³/mol. The summed E-state index contributed by atoms with van der Waals surface area (Å²) < 4.78 is 33.4. The summed E-state index contributed by atoms with van der Waals surface area (Å²) in [5.41, 5.74) is 1.18. The third-order valence-electron chi connectivity index (χ3n) is 5.33. The molecule has 8 heteroatoms. The zero-order valence-electron chi connectivity index (χ0n) is 19.2. The summed E-state index contributed by atoms with van der Waals surface area (Å²) in [7, 11) is 5.65. The van der Waals surface area contributed by atoms with Crippen LogP contribution >= 0.6 is 0 Å². The van der Waals surface area contributed by atoms with E-state index in [0.29, 0.717) is 23.7 Å². The van der Waals surface area contributed by atoms with E-state index >= 15 is 0 Å². The van der Waals surface area contributed by atoms with E-state index in [0.717, 1.165) is 5.56 Å². The molecule has 0 aliphatic rings. The second-order valence-corrected chi connectivity index (χ2v) is 7.27. The van der Waals surface area contributed by atoms with Crippen molar-refractivity contribution in [2.75, 3.05) is 28.4 Å². The van der Waals surface area contributed by atoms with Crippen LogP contribution in [-0.2, 0) is 6.61 Å². The van der Waals surface area contributed by atoms with E-state index in [-0.39, 0.29) is 39.7 Å². The highest BCUT2D eigenvalue weighted by molar-refractivity contribution is 5.91. The van der Waals surface area contributed by atoms with Gasteiger partial charge in [0.05, 0.1) is 28.4 Å². The van der Waals surface area contributed by atoms with Crippen LogP contribution in [-0.4, -0.2) is 33.5 Å². The second kappa shape index (κ2) is 9.66. The van der Waals surface area contributed by atoms with Crippen molar-refractivity contribution in [1.29, 1.82) is 0 Å². The van der Waals surface area contributed by atoms with E-state index in [1.165, 1.54) is 27.4 Å². The van der Waals surface area contributed by atoms with Crippen molar-refractivity contribution < 1.29 is 33.2 Å². The highest BCUT2D eigenvalue weighted by Gasteiger charge is 2.24. The summed E-state index contributed by atoms with van der Waals surface area (Å²) in [6.07, 6.45) is 0. The van der Waals surface area contributed by atoms with Crippen LogP contribution in [0.3, 0.4) is 0 Å². The first-order valence-corrected chi connectivity index (χ1v) is 10.4. The second-order valence-electron chi connectivity index (χ2n) is 7.27. The average Bonchev–Trinajstić information content (AvgIpc) is 2.87. The van der Waals surface area contributed by atoms with Gasteiger partial charge in [-0.1, -0.05) is 30.3 Å². The van der Waals surface area contributed by atoms with Crippen molar-refractivity contribution >= 4 is 11.0 Å². The van der Waals surface area contributed by atoms with E-state index in [1.54, 1.807) is 25.3 Å². The molecule has 34 heavy (non-hydrogen) atoms. The molecule has 0 aliphatic heterocycles. The van der Waals surface area contributed by atoms with Gasteiger partial charge in [-0.3, -0.25) is 4.79 Å². The van der Waals surface area contributed by atoms with Gasteiger partial charge in [-0.15, -0.1) is 0 Å². The minimum absolute atomic E-state index is 0.0375. The molecule has 176 valence electrons. The largest absolute Gasteiger partial charge is 0.502 e. The van der Waals surface area contributed by atoms with Gasteiger partial charge in [0, 0.05) is 11.6 Å². The van der Waals surface area contributed by atoms with Gasteiger partial charge >= 0.3 is 0 Å². The molecule has 0 saturated heterocycles.